The SMILES string of the molecule is CCOc1ccc(N(CC(=O)NN)S(=O)(=O)c2ccc(Br)cc2)cc1. The van der Waals surface area contributed by atoms with Crippen LogP contribution in [0.5, 0.6) is 5.75 Å². The third-order valence-electron chi connectivity index (χ3n) is 3.29. The largest absolute Gasteiger partial charge is 0.494 e. The number of nitrogens with one attached hydrogen (secondary N) is 1. The van der Waals surface area contributed by atoms with Crippen LogP contribution in [0.2, 0.25) is 0 Å². The number of nitrogens with zero attached hydrogens (tertiary/aromatic N) is 1. The van der Waals surface area contributed by atoms with Crippen molar-refractivity contribution >= 4 is 37.5 Å². The van der Waals surface area contributed by atoms with Crippen molar-refractivity contribution in [3.63, 3.8) is 0 Å². The summed E-state index contributed by atoms with van der Waals surface area (Å²) in [5.41, 5.74) is 2.28. The molecule has 0 atom stereocenters. The zero-order valence-corrected chi connectivity index (χ0v) is 15.9. The summed E-state index contributed by atoms with van der Waals surface area (Å²) in [6.45, 7) is 1.91. The zero-order chi connectivity index (χ0) is 18.4. The lowest BCUT2D eigenvalue weighted by Crippen LogP contribution is -2.43. The van der Waals surface area contributed by atoms with E-state index >= 15 is 0 Å². The molecule has 2 rings (SSSR count). The Labute approximate surface area is 154 Å². The average molecular weight is 428 g/mol. The normalized spacial score (nSPS) is 11.0. The first kappa shape index (κ1) is 19.2. The van der Waals surface area contributed by atoms with E-state index in [-0.39, 0.29) is 4.90 Å². The number of hydrazine groups is 1. The molecule has 2 aromatic rings. The maximum atomic E-state index is 13.0. The van der Waals surface area contributed by atoms with Gasteiger partial charge in [0.15, 0.2) is 0 Å². The summed E-state index contributed by atoms with van der Waals surface area (Å²) >= 11 is 3.27. The van der Waals surface area contributed by atoms with Crippen LogP contribution in [0, 0.1) is 0 Å². The van der Waals surface area contributed by atoms with Gasteiger partial charge in [-0.1, -0.05) is 15.9 Å². The molecule has 0 aliphatic rings. The molecular formula is C16H18BrN3O4S. The maximum absolute atomic E-state index is 13.0. The van der Waals surface area contributed by atoms with Crippen molar-refractivity contribution in [2.75, 3.05) is 17.5 Å². The van der Waals surface area contributed by atoms with Gasteiger partial charge < -0.3 is 4.74 Å². The highest BCUT2D eigenvalue weighted by atomic mass is 79.9. The molecule has 2 aromatic carbocycles. The summed E-state index contributed by atoms with van der Waals surface area (Å²) in [5.74, 6) is 5.09. The van der Waals surface area contributed by atoms with Gasteiger partial charge in [-0.25, -0.2) is 14.3 Å². The minimum atomic E-state index is -3.95. The van der Waals surface area contributed by atoms with Gasteiger partial charge in [-0.2, -0.15) is 0 Å². The Bertz CT molecular complexity index is 823. The second kappa shape index (κ2) is 8.32. The highest BCUT2D eigenvalue weighted by Crippen LogP contribution is 2.26. The fraction of sp³-hybridized carbons (Fsp3) is 0.188. The van der Waals surface area contributed by atoms with Gasteiger partial charge in [0.25, 0.3) is 15.9 Å². The molecule has 3 N–H and O–H groups in total. The molecule has 0 aliphatic carbocycles. The number of sulfonamides is 1. The minimum Gasteiger partial charge on any atom is -0.494 e. The van der Waals surface area contributed by atoms with Crippen molar-refractivity contribution in [2.45, 2.75) is 11.8 Å². The molecule has 0 radical (unpaired) electrons. The maximum Gasteiger partial charge on any atom is 0.264 e. The van der Waals surface area contributed by atoms with Crippen LogP contribution in [0.3, 0.4) is 0 Å². The number of hydrogen-bond acceptors (Lipinski definition) is 5. The summed E-state index contributed by atoms with van der Waals surface area (Å²) in [7, 11) is -3.95. The summed E-state index contributed by atoms with van der Waals surface area (Å²) in [5, 5.41) is 0. The molecule has 0 fully saturated rings. The molecule has 0 saturated carbocycles. The number of ether oxygens (including phenoxy) is 1. The molecule has 0 saturated heterocycles. The summed E-state index contributed by atoms with van der Waals surface area (Å²) < 4.78 is 33.0. The Balaban J connectivity index is 2.44. The van der Waals surface area contributed by atoms with Crippen molar-refractivity contribution in [1.29, 1.82) is 0 Å². The topological polar surface area (TPSA) is 102 Å². The van der Waals surface area contributed by atoms with Crippen LogP contribution < -0.4 is 20.3 Å². The van der Waals surface area contributed by atoms with Crippen molar-refractivity contribution in [1.82, 2.24) is 5.43 Å². The molecule has 7 nitrogen and oxygen atoms in total. The molecular weight excluding hydrogens is 410 g/mol. The number of carbonyl (C=O) groups is 1. The Hall–Kier alpha value is -2.10. The van der Waals surface area contributed by atoms with Gasteiger partial charge in [-0.05, 0) is 55.5 Å². The molecule has 0 aliphatic heterocycles. The zero-order valence-electron chi connectivity index (χ0n) is 13.5. The Kier molecular flexibility index (Phi) is 6.40. The molecule has 0 spiro atoms. The quantitative estimate of drug-likeness (QED) is 0.399. The van der Waals surface area contributed by atoms with Gasteiger partial charge >= 0.3 is 0 Å². The molecule has 25 heavy (non-hydrogen) atoms. The summed E-state index contributed by atoms with van der Waals surface area (Å²) in [6, 6.07) is 12.6. The van der Waals surface area contributed by atoms with Gasteiger partial charge in [-0.3, -0.25) is 14.5 Å². The van der Waals surface area contributed by atoms with Crippen molar-refractivity contribution < 1.29 is 17.9 Å². The van der Waals surface area contributed by atoms with Gasteiger partial charge in [0, 0.05) is 4.47 Å². The Morgan fingerprint density at radius 2 is 1.76 bits per heavy atom. The number of nitrogens with two attached hydrogens (primary N) is 1. The number of rotatable bonds is 7. The standard InChI is InChI=1S/C16H18BrN3O4S/c1-2-24-14-7-5-13(6-8-14)20(11-16(21)19-18)25(22,23)15-9-3-12(17)4-10-15/h3-10H,2,11,18H2,1H3,(H,19,21). The number of amides is 1. The third-order valence-corrected chi connectivity index (χ3v) is 5.60. The number of hydrogen-bond donors (Lipinski definition) is 2. The van der Waals surface area contributed by atoms with Gasteiger partial charge in [0.1, 0.15) is 12.3 Å². The minimum absolute atomic E-state index is 0.0643. The molecule has 0 aromatic heterocycles. The van der Waals surface area contributed by atoms with Crippen molar-refractivity contribution in [3.05, 3.63) is 53.0 Å². The number of benzene rings is 2. The number of carbonyl (C=O) groups excluding carboxylic acids is 1. The first-order valence-electron chi connectivity index (χ1n) is 7.39. The van der Waals surface area contributed by atoms with E-state index < -0.39 is 22.5 Å². The lowest BCUT2D eigenvalue weighted by atomic mass is 10.3. The Morgan fingerprint density at radius 1 is 1.16 bits per heavy atom. The fourth-order valence-electron chi connectivity index (χ4n) is 2.10. The first-order valence-corrected chi connectivity index (χ1v) is 9.62. The number of anilines is 1. The molecule has 1 amide bonds. The van der Waals surface area contributed by atoms with Gasteiger partial charge in [0.2, 0.25) is 0 Å². The third kappa shape index (κ3) is 4.71. The second-order valence-electron chi connectivity index (χ2n) is 4.96. The summed E-state index contributed by atoms with van der Waals surface area (Å²) in [4.78, 5) is 11.8. The van der Waals surface area contributed by atoms with Crippen LogP contribution >= 0.6 is 15.9 Å². The smallest absolute Gasteiger partial charge is 0.264 e. The Morgan fingerprint density at radius 3 is 2.28 bits per heavy atom. The lowest BCUT2D eigenvalue weighted by molar-refractivity contribution is -0.119. The van der Waals surface area contributed by atoms with Gasteiger partial charge in [-0.15, -0.1) is 0 Å². The van der Waals surface area contributed by atoms with Crippen LogP contribution in [-0.2, 0) is 14.8 Å². The van der Waals surface area contributed by atoms with Gasteiger partial charge in [0.05, 0.1) is 17.2 Å². The van der Waals surface area contributed by atoms with E-state index in [1.54, 1.807) is 36.4 Å². The highest BCUT2D eigenvalue weighted by Gasteiger charge is 2.27. The van der Waals surface area contributed by atoms with Crippen LogP contribution in [0.15, 0.2) is 57.9 Å². The van der Waals surface area contributed by atoms with E-state index in [0.717, 1.165) is 8.78 Å². The average Bonchev–Trinajstić information content (AvgIpc) is 2.61. The monoisotopic (exact) mass is 427 g/mol. The van der Waals surface area contributed by atoms with E-state index in [2.05, 4.69) is 15.9 Å². The van der Waals surface area contributed by atoms with Crippen LogP contribution in [-0.4, -0.2) is 27.5 Å². The lowest BCUT2D eigenvalue weighted by Gasteiger charge is -2.24. The van der Waals surface area contributed by atoms with E-state index in [1.807, 2.05) is 12.3 Å². The van der Waals surface area contributed by atoms with E-state index in [1.165, 1.54) is 12.1 Å². The van der Waals surface area contributed by atoms with Crippen molar-refractivity contribution in [2.24, 2.45) is 5.84 Å². The van der Waals surface area contributed by atoms with E-state index in [4.69, 9.17) is 10.6 Å². The summed E-state index contributed by atoms with van der Waals surface area (Å²) in [6.07, 6.45) is 0. The van der Waals surface area contributed by atoms with Crippen LogP contribution in [0.1, 0.15) is 6.92 Å². The predicted molar refractivity (Wildman–Crippen MR) is 98.6 cm³/mol. The first-order chi connectivity index (χ1) is 11.9. The molecule has 0 heterocycles. The second-order valence-corrected chi connectivity index (χ2v) is 7.74. The molecule has 0 bridgehead atoms. The van der Waals surface area contributed by atoms with E-state index in [9.17, 15) is 13.2 Å². The predicted octanol–water partition coefficient (Wildman–Crippen LogP) is 2.03. The molecule has 9 heteroatoms. The molecule has 0 unspecified atom stereocenters. The number of halogens is 1. The fourth-order valence-corrected chi connectivity index (χ4v) is 3.79. The van der Waals surface area contributed by atoms with E-state index in [0.29, 0.717) is 18.0 Å². The van der Waals surface area contributed by atoms with Crippen LogP contribution in [0.25, 0.3) is 0 Å². The highest BCUT2D eigenvalue weighted by molar-refractivity contribution is 9.10. The van der Waals surface area contributed by atoms with Crippen molar-refractivity contribution in [3.8, 4) is 5.75 Å². The molecule has 134 valence electrons. The van der Waals surface area contributed by atoms with Crippen LogP contribution in [0.4, 0.5) is 5.69 Å².